The largest absolute Gasteiger partial charge is 0.465 e. The highest BCUT2D eigenvalue weighted by Crippen LogP contribution is 2.31. The van der Waals surface area contributed by atoms with Crippen LogP contribution in [-0.2, 0) is 4.74 Å². The van der Waals surface area contributed by atoms with Gasteiger partial charge in [-0.05, 0) is 12.1 Å². The summed E-state index contributed by atoms with van der Waals surface area (Å²) in [4.78, 5) is 27.8. The third-order valence-corrected chi connectivity index (χ3v) is 4.00. The number of ether oxygens (including phenoxy) is 1. The van der Waals surface area contributed by atoms with Gasteiger partial charge in [0.1, 0.15) is 9.88 Å². The first-order chi connectivity index (χ1) is 7.74. The molecule has 0 fully saturated rings. The number of carbonyl (C=O) groups excluding carboxylic acids is 2. The Morgan fingerprint density at radius 1 is 1.44 bits per heavy atom. The second kappa shape index (κ2) is 4.54. The van der Waals surface area contributed by atoms with Crippen molar-refractivity contribution in [3.05, 3.63) is 28.1 Å². The van der Waals surface area contributed by atoms with E-state index in [2.05, 4.69) is 9.72 Å². The van der Waals surface area contributed by atoms with Crippen LogP contribution in [0.5, 0.6) is 0 Å². The van der Waals surface area contributed by atoms with E-state index >= 15 is 0 Å². The number of hydrogen-bond donors (Lipinski definition) is 0. The average molecular weight is 253 g/mol. The number of carbonyl (C=O) groups is 2. The van der Waals surface area contributed by atoms with Crippen molar-refractivity contribution in [3.63, 3.8) is 0 Å². The molecule has 2 heterocycles. The van der Waals surface area contributed by atoms with Crippen molar-refractivity contribution < 1.29 is 14.3 Å². The molecule has 6 heteroatoms. The van der Waals surface area contributed by atoms with E-state index in [1.165, 1.54) is 36.0 Å². The molecule has 0 amide bonds. The first kappa shape index (κ1) is 11.0. The van der Waals surface area contributed by atoms with Crippen molar-refractivity contribution in [1.29, 1.82) is 0 Å². The maximum Gasteiger partial charge on any atom is 0.348 e. The minimum absolute atomic E-state index is 0.358. The summed E-state index contributed by atoms with van der Waals surface area (Å²) >= 11 is 2.60. The smallest absolute Gasteiger partial charge is 0.348 e. The predicted molar refractivity (Wildman–Crippen MR) is 62.2 cm³/mol. The lowest BCUT2D eigenvalue weighted by Gasteiger charge is -1.91. The third kappa shape index (κ3) is 2.02. The van der Waals surface area contributed by atoms with Crippen LogP contribution in [0.4, 0.5) is 0 Å². The first-order valence-corrected chi connectivity index (χ1v) is 5.97. The fourth-order valence-electron chi connectivity index (χ4n) is 1.12. The van der Waals surface area contributed by atoms with E-state index in [1.54, 1.807) is 12.1 Å². The number of methoxy groups -OCH3 is 1. The van der Waals surface area contributed by atoms with Gasteiger partial charge >= 0.3 is 5.97 Å². The molecule has 16 heavy (non-hydrogen) atoms. The van der Waals surface area contributed by atoms with E-state index in [4.69, 9.17) is 0 Å². The summed E-state index contributed by atoms with van der Waals surface area (Å²) in [7, 11) is 1.34. The van der Waals surface area contributed by atoms with Crippen molar-refractivity contribution in [1.82, 2.24) is 4.98 Å². The lowest BCUT2D eigenvalue weighted by molar-refractivity contribution is 0.0606. The minimum atomic E-state index is -0.358. The highest BCUT2D eigenvalue weighted by molar-refractivity contribution is 7.23. The van der Waals surface area contributed by atoms with E-state index in [0.717, 1.165) is 16.2 Å². The summed E-state index contributed by atoms with van der Waals surface area (Å²) in [6.07, 6.45) is 2.28. The van der Waals surface area contributed by atoms with E-state index < -0.39 is 0 Å². The van der Waals surface area contributed by atoms with Gasteiger partial charge in [-0.15, -0.1) is 22.7 Å². The molecule has 0 unspecified atom stereocenters. The molecular weight excluding hydrogens is 246 g/mol. The van der Waals surface area contributed by atoms with Gasteiger partial charge in [-0.2, -0.15) is 0 Å². The molecule has 0 saturated carbocycles. The van der Waals surface area contributed by atoms with Crippen LogP contribution in [0.15, 0.2) is 18.3 Å². The maximum absolute atomic E-state index is 11.2. The Labute approximate surface area is 99.5 Å². The number of thiophene rings is 1. The minimum Gasteiger partial charge on any atom is -0.465 e. The van der Waals surface area contributed by atoms with Gasteiger partial charge < -0.3 is 4.74 Å². The number of aromatic nitrogens is 1. The van der Waals surface area contributed by atoms with Crippen LogP contribution in [0, 0.1) is 0 Å². The molecule has 2 aromatic heterocycles. The second-order valence-corrected chi connectivity index (χ2v) is 4.99. The zero-order valence-corrected chi connectivity index (χ0v) is 9.93. The highest BCUT2D eigenvalue weighted by Gasteiger charge is 2.12. The highest BCUT2D eigenvalue weighted by atomic mass is 32.1. The number of aldehydes is 1. The van der Waals surface area contributed by atoms with Gasteiger partial charge in [0.05, 0.1) is 16.9 Å². The Morgan fingerprint density at radius 3 is 2.88 bits per heavy atom. The zero-order chi connectivity index (χ0) is 11.5. The van der Waals surface area contributed by atoms with Crippen LogP contribution in [0.2, 0.25) is 0 Å². The van der Waals surface area contributed by atoms with Crippen LogP contribution < -0.4 is 0 Å². The molecule has 0 radical (unpaired) electrons. The molecule has 0 atom stereocenters. The standard InChI is InChI=1S/C10H7NO3S2/c1-14-10(13)8-3-2-7(16-8)9-11-4-6(5-12)15-9/h2-5H,1H3. The summed E-state index contributed by atoms with van der Waals surface area (Å²) in [5.74, 6) is -0.358. The summed E-state index contributed by atoms with van der Waals surface area (Å²) in [6.45, 7) is 0. The number of hydrogen-bond acceptors (Lipinski definition) is 6. The lowest BCUT2D eigenvalue weighted by atomic mass is 10.4. The van der Waals surface area contributed by atoms with E-state index in [1.807, 2.05) is 0 Å². The second-order valence-electron chi connectivity index (χ2n) is 2.84. The number of esters is 1. The number of thiazole rings is 1. The molecule has 0 aromatic carbocycles. The molecule has 0 aliphatic carbocycles. The van der Waals surface area contributed by atoms with Gasteiger partial charge in [0.2, 0.25) is 0 Å². The van der Waals surface area contributed by atoms with Gasteiger partial charge in [0.15, 0.2) is 6.29 Å². The summed E-state index contributed by atoms with van der Waals surface area (Å²) in [5.41, 5.74) is 0. The molecule has 0 N–H and O–H groups in total. The maximum atomic E-state index is 11.2. The molecule has 0 bridgehead atoms. The van der Waals surface area contributed by atoms with Crippen molar-refractivity contribution in [2.24, 2.45) is 0 Å². The summed E-state index contributed by atoms with van der Waals surface area (Å²) in [6, 6.07) is 3.48. The Morgan fingerprint density at radius 2 is 2.25 bits per heavy atom. The lowest BCUT2D eigenvalue weighted by Crippen LogP contribution is -1.96. The predicted octanol–water partition coefficient (Wildman–Crippen LogP) is 2.47. The van der Waals surface area contributed by atoms with Crippen LogP contribution in [-0.4, -0.2) is 24.3 Å². The van der Waals surface area contributed by atoms with Crippen molar-refractivity contribution >= 4 is 34.9 Å². The quantitative estimate of drug-likeness (QED) is 0.623. The third-order valence-electron chi connectivity index (χ3n) is 1.84. The normalized spacial score (nSPS) is 10.1. The summed E-state index contributed by atoms with van der Waals surface area (Å²) < 4.78 is 4.61. The first-order valence-electron chi connectivity index (χ1n) is 4.34. The molecule has 0 aliphatic heterocycles. The van der Waals surface area contributed by atoms with Gasteiger partial charge in [0, 0.05) is 6.20 Å². The summed E-state index contributed by atoms with van der Waals surface area (Å²) in [5, 5.41) is 0.738. The fourth-order valence-corrected chi connectivity index (χ4v) is 2.83. The van der Waals surface area contributed by atoms with Crippen molar-refractivity contribution in [3.8, 4) is 9.88 Å². The zero-order valence-electron chi connectivity index (χ0n) is 8.30. The van der Waals surface area contributed by atoms with Crippen LogP contribution >= 0.6 is 22.7 Å². The van der Waals surface area contributed by atoms with Gasteiger partial charge in [-0.3, -0.25) is 4.79 Å². The molecular formula is C10H7NO3S2. The fraction of sp³-hybridized carbons (Fsp3) is 0.100. The van der Waals surface area contributed by atoms with E-state index in [0.29, 0.717) is 9.75 Å². The molecule has 0 saturated heterocycles. The molecule has 0 spiro atoms. The van der Waals surface area contributed by atoms with Gasteiger partial charge in [-0.25, -0.2) is 9.78 Å². The van der Waals surface area contributed by atoms with Gasteiger partial charge in [-0.1, -0.05) is 0 Å². The van der Waals surface area contributed by atoms with Crippen LogP contribution in [0.1, 0.15) is 19.3 Å². The Hall–Kier alpha value is -1.53. The molecule has 0 aliphatic rings. The molecule has 2 aromatic rings. The Kier molecular flexibility index (Phi) is 3.12. The van der Waals surface area contributed by atoms with E-state index in [-0.39, 0.29) is 5.97 Å². The van der Waals surface area contributed by atoms with Crippen LogP contribution in [0.3, 0.4) is 0 Å². The number of nitrogens with zero attached hydrogens (tertiary/aromatic N) is 1. The van der Waals surface area contributed by atoms with Crippen LogP contribution in [0.25, 0.3) is 9.88 Å². The monoisotopic (exact) mass is 253 g/mol. The average Bonchev–Trinajstić information content (AvgIpc) is 2.95. The molecule has 4 nitrogen and oxygen atoms in total. The Balaban J connectivity index is 2.31. The van der Waals surface area contributed by atoms with Gasteiger partial charge in [0.25, 0.3) is 0 Å². The topological polar surface area (TPSA) is 56.3 Å². The molecule has 82 valence electrons. The SMILES string of the molecule is COC(=O)c1ccc(-c2ncc(C=O)s2)s1. The van der Waals surface area contributed by atoms with Crippen molar-refractivity contribution in [2.75, 3.05) is 7.11 Å². The number of rotatable bonds is 3. The van der Waals surface area contributed by atoms with Crippen molar-refractivity contribution in [2.45, 2.75) is 0 Å². The molecule has 2 rings (SSSR count). The Bertz CT molecular complexity index is 530. The van der Waals surface area contributed by atoms with E-state index in [9.17, 15) is 9.59 Å².